The normalized spacial score (nSPS) is 11.0. The van der Waals surface area contributed by atoms with Gasteiger partial charge in [-0.2, -0.15) is 0 Å². The van der Waals surface area contributed by atoms with Crippen molar-refractivity contribution in [3.8, 4) is 17.1 Å². The molecule has 1 aromatic heterocycles. The van der Waals surface area contributed by atoms with E-state index in [4.69, 9.17) is 4.74 Å². The van der Waals surface area contributed by atoms with Crippen LogP contribution in [0.3, 0.4) is 0 Å². The van der Waals surface area contributed by atoms with Gasteiger partial charge >= 0.3 is 0 Å². The molecule has 0 fully saturated rings. The van der Waals surface area contributed by atoms with Gasteiger partial charge in [0.05, 0.1) is 23.2 Å². The van der Waals surface area contributed by atoms with Crippen LogP contribution in [0.2, 0.25) is 0 Å². The van der Waals surface area contributed by atoms with Gasteiger partial charge < -0.3 is 9.72 Å². The third-order valence-electron chi connectivity index (χ3n) is 4.29. The summed E-state index contributed by atoms with van der Waals surface area (Å²) in [5, 5.41) is 0. The number of hydrogen-bond donors (Lipinski definition) is 1. The smallest absolute Gasteiger partial charge is 0.142 e. The first-order valence-electron chi connectivity index (χ1n) is 9.05. The highest BCUT2D eigenvalue weighted by Gasteiger charge is 2.10. The van der Waals surface area contributed by atoms with Crippen molar-refractivity contribution in [1.82, 2.24) is 9.97 Å². The van der Waals surface area contributed by atoms with Gasteiger partial charge in [-0.3, -0.25) is 0 Å². The summed E-state index contributed by atoms with van der Waals surface area (Å²) in [6.07, 6.45) is 7.64. The fraction of sp³-hybridized carbons (Fsp3) is 0.381. The molecule has 0 saturated carbocycles. The average Bonchev–Trinajstić information content (AvgIpc) is 3.05. The second kappa shape index (κ2) is 8.53. The molecule has 0 unspecified atom stereocenters. The Morgan fingerprint density at radius 2 is 1.62 bits per heavy atom. The summed E-state index contributed by atoms with van der Waals surface area (Å²) >= 11 is 0. The van der Waals surface area contributed by atoms with Crippen LogP contribution in [-0.4, -0.2) is 16.6 Å². The molecule has 2 aromatic carbocycles. The second-order valence-electron chi connectivity index (χ2n) is 6.21. The molecule has 126 valence electrons. The van der Waals surface area contributed by atoms with Crippen LogP contribution in [0.4, 0.5) is 0 Å². The first-order chi connectivity index (χ1) is 11.9. The molecule has 3 rings (SSSR count). The van der Waals surface area contributed by atoms with Crippen LogP contribution in [0, 0.1) is 0 Å². The van der Waals surface area contributed by atoms with E-state index in [0.717, 1.165) is 41.2 Å². The van der Waals surface area contributed by atoms with Gasteiger partial charge in [-0.25, -0.2) is 4.98 Å². The number of para-hydroxylation sites is 3. The van der Waals surface area contributed by atoms with Crippen molar-refractivity contribution in [3.05, 3.63) is 48.5 Å². The molecule has 1 N–H and O–H groups in total. The molecule has 0 amide bonds. The second-order valence-corrected chi connectivity index (χ2v) is 6.21. The number of unbranched alkanes of at least 4 members (excludes halogenated alkanes) is 5. The van der Waals surface area contributed by atoms with Gasteiger partial charge in [-0.05, 0) is 30.7 Å². The highest BCUT2D eigenvalue weighted by Crippen LogP contribution is 2.29. The van der Waals surface area contributed by atoms with Gasteiger partial charge in [-0.15, -0.1) is 0 Å². The van der Waals surface area contributed by atoms with Gasteiger partial charge in [0, 0.05) is 0 Å². The number of fused-ring (bicyclic) bond motifs is 1. The number of aromatic amines is 1. The van der Waals surface area contributed by atoms with E-state index in [0.29, 0.717) is 0 Å². The molecule has 0 aliphatic rings. The molecule has 0 aliphatic carbocycles. The van der Waals surface area contributed by atoms with E-state index in [1.165, 1.54) is 32.1 Å². The van der Waals surface area contributed by atoms with E-state index in [1.807, 2.05) is 42.5 Å². The minimum atomic E-state index is 0.767. The molecule has 1 heterocycles. The summed E-state index contributed by atoms with van der Waals surface area (Å²) in [5.41, 5.74) is 3.07. The third kappa shape index (κ3) is 4.16. The summed E-state index contributed by atoms with van der Waals surface area (Å²) in [6, 6.07) is 16.2. The summed E-state index contributed by atoms with van der Waals surface area (Å²) < 4.78 is 6.03. The summed E-state index contributed by atoms with van der Waals surface area (Å²) in [4.78, 5) is 8.07. The summed E-state index contributed by atoms with van der Waals surface area (Å²) in [7, 11) is 0. The molecule has 3 aromatic rings. The van der Waals surface area contributed by atoms with Crippen LogP contribution < -0.4 is 4.74 Å². The Bertz CT molecular complexity index is 730. The largest absolute Gasteiger partial charge is 0.493 e. The zero-order valence-corrected chi connectivity index (χ0v) is 14.4. The fourth-order valence-electron chi connectivity index (χ4n) is 2.93. The Morgan fingerprint density at radius 1 is 0.875 bits per heavy atom. The Kier molecular flexibility index (Phi) is 5.89. The predicted octanol–water partition coefficient (Wildman–Crippen LogP) is 5.97. The molecule has 0 bridgehead atoms. The Morgan fingerprint density at radius 3 is 2.50 bits per heavy atom. The minimum absolute atomic E-state index is 0.767. The minimum Gasteiger partial charge on any atom is -0.493 e. The van der Waals surface area contributed by atoms with Gasteiger partial charge in [0.15, 0.2) is 0 Å². The summed E-state index contributed by atoms with van der Waals surface area (Å²) in [6.45, 7) is 3.02. The number of nitrogens with one attached hydrogen (secondary N) is 1. The number of rotatable bonds is 9. The van der Waals surface area contributed by atoms with Crippen molar-refractivity contribution in [1.29, 1.82) is 0 Å². The molecule has 0 aliphatic heterocycles. The SMILES string of the molecule is CCCCCCCCOc1ccccc1-c1nc2ccccc2[nH]1. The molecular weight excluding hydrogens is 296 g/mol. The maximum Gasteiger partial charge on any atom is 0.142 e. The van der Waals surface area contributed by atoms with Crippen LogP contribution in [0.5, 0.6) is 5.75 Å². The maximum absolute atomic E-state index is 6.03. The Labute approximate surface area is 144 Å². The summed E-state index contributed by atoms with van der Waals surface area (Å²) in [5.74, 6) is 1.78. The zero-order valence-electron chi connectivity index (χ0n) is 14.4. The number of nitrogens with zero attached hydrogens (tertiary/aromatic N) is 1. The molecule has 0 atom stereocenters. The number of hydrogen-bond acceptors (Lipinski definition) is 2. The number of imidazole rings is 1. The number of benzene rings is 2. The van der Waals surface area contributed by atoms with Crippen LogP contribution >= 0.6 is 0 Å². The standard InChI is InChI=1S/C21H26N2O/c1-2-3-4-5-6-11-16-24-20-15-10-7-12-17(20)21-22-18-13-8-9-14-19(18)23-21/h7-10,12-15H,2-6,11,16H2,1H3,(H,22,23). The van der Waals surface area contributed by atoms with E-state index >= 15 is 0 Å². The lowest BCUT2D eigenvalue weighted by Crippen LogP contribution is -1.99. The van der Waals surface area contributed by atoms with Gasteiger partial charge in [-0.1, -0.05) is 63.3 Å². The molecule has 0 radical (unpaired) electrons. The van der Waals surface area contributed by atoms with Crippen LogP contribution in [0.25, 0.3) is 22.4 Å². The lowest BCUT2D eigenvalue weighted by atomic mass is 10.1. The van der Waals surface area contributed by atoms with Crippen molar-refractivity contribution in [2.75, 3.05) is 6.61 Å². The van der Waals surface area contributed by atoms with Crippen LogP contribution in [-0.2, 0) is 0 Å². The lowest BCUT2D eigenvalue weighted by molar-refractivity contribution is 0.305. The molecule has 0 saturated heterocycles. The Hall–Kier alpha value is -2.29. The zero-order chi connectivity index (χ0) is 16.6. The van der Waals surface area contributed by atoms with Crippen LogP contribution in [0.1, 0.15) is 45.4 Å². The van der Waals surface area contributed by atoms with Crippen molar-refractivity contribution < 1.29 is 4.74 Å². The molecular formula is C21H26N2O. The predicted molar refractivity (Wildman–Crippen MR) is 100 cm³/mol. The molecule has 0 spiro atoms. The monoisotopic (exact) mass is 322 g/mol. The van der Waals surface area contributed by atoms with E-state index in [1.54, 1.807) is 0 Å². The third-order valence-corrected chi connectivity index (χ3v) is 4.29. The first kappa shape index (κ1) is 16.6. The van der Waals surface area contributed by atoms with Gasteiger partial charge in [0.25, 0.3) is 0 Å². The maximum atomic E-state index is 6.03. The lowest BCUT2D eigenvalue weighted by Gasteiger charge is -2.10. The molecule has 24 heavy (non-hydrogen) atoms. The van der Waals surface area contributed by atoms with E-state index in [9.17, 15) is 0 Å². The highest BCUT2D eigenvalue weighted by atomic mass is 16.5. The van der Waals surface area contributed by atoms with E-state index < -0.39 is 0 Å². The average molecular weight is 322 g/mol. The highest BCUT2D eigenvalue weighted by molar-refractivity contribution is 5.80. The van der Waals surface area contributed by atoms with Crippen molar-refractivity contribution in [2.45, 2.75) is 45.4 Å². The van der Waals surface area contributed by atoms with Crippen molar-refractivity contribution in [2.24, 2.45) is 0 Å². The van der Waals surface area contributed by atoms with E-state index in [2.05, 4.69) is 23.0 Å². The van der Waals surface area contributed by atoms with Gasteiger partial charge in [0.2, 0.25) is 0 Å². The van der Waals surface area contributed by atoms with Crippen molar-refractivity contribution >= 4 is 11.0 Å². The van der Waals surface area contributed by atoms with Crippen molar-refractivity contribution in [3.63, 3.8) is 0 Å². The quantitative estimate of drug-likeness (QED) is 0.493. The topological polar surface area (TPSA) is 37.9 Å². The number of ether oxygens (including phenoxy) is 1. The molecule has 3 nitrogen and oxygen atoms in total. The Balaban J connectivity index is 1.63. The molecule has 3 heteroatoms. The van der Waals surface area contributed by atoms with E-state index in [-0.39, 0.29) is 0 Å². The fourth-order valence-corrected chi connectivity index (χ4v) is 2.93. The number of aromatic nitrogens is 2. The number of H-pyrrole nitrogens is 1. The first-order valence-corrected chi connectivity index (χ1v) is 9.05. The van der Waals surface area contributed by atoms with Gasteiger partial charge in [0.1, 0.15) is 11.6 Å². The van der Waals surface area contributed by atoms with Crippen LogP contribution in [0.15, 0.2) is 48.5 Å².